The predicted molar refractivity (Wildman–Crippen MR) is 60.1 cm³/mol. The highest BCUT2D eigenvalue weighted by Crippen LogP contribution is 2.22. The monoisotopic (exact) mass is 223 g/mol. The van der Waals surface area contributed by atoms with Crippen molar-refractivity contribution in [2.75, 3.05) is 32.8 Å². The molecule has 1 aliphatic rings. The van der Waals surface area contributed by atoms with Gasteiger partial charge in [0.15, 0.2) is 0 Å². The summed E-state index contributed by atoms with van der Waals surface area (Å²) < 4.78 is 5.31. The van der Waals surface area contributed by atoms with E-state index in [1.807, 2.05) is 6.07 Å². The molecule has 0 saturated carbocycles. The van der Waals surface area contributed by atoms with Gasteiger partial charge in [-0.2, -0.15) is 0 Å². The molecule has 2 heterocycles. The Morgan fingerprint density at radius 1 is 1.50 bits per heavy atom. The van der Waals surface area contributed by atoms with Crippen LogP contribution in [0.15, 0.2) is 18.3 Å². The fourth-order valence-corrected chi connectivity index (χ4v) is 2.03. The average Bonchev–Trinajstić information content (AvgIpc) is 2.31. The van der Waals surface area contributed by atoms with Gasteiger partial charge in [0.1, 0.15) is 0 Å². The molecule has 0 aliphatic carbocycles. The summed E-state index contributed by atoms with van der Waals surface area (Å²) in [5, 5.41) is 9.36. The van der Waals surface area contributed by atoms with Crippen molar-refractivity contribution in [3.8, 4) is 5.88 Å². The molecule has 1 atom stereocenters. The van der Waals surface area contributed by atoms with Gasteiger partial charge in [-0.25, -0.2) is 4.98 Å². The fourth-order valence-electron chi connectivity index (χ4n) is 2.03. The topological polar surface area (TPSA) is 71.6 Å². The molecule has 0 aromatic carbocycles. The molecule has 88 valence electrons. The van der Waals surface area contributed by atoms with E-state index >= 15 is 0 Å². The lowest BCUT2D eigenvalue weighted by Gasteiger charge is -2.33. The zero-order valence-electron chi connectivity index (χ0n) is 9.17. The maximum absolute atomic E-state index is 9.36. The highest BCUT2D eigenvalue weighted by Gasteiger charge is 2.21. The number of hydrogen-bond acceptors (Lipinski definition) is 5. The van der Waals surface area contributed by atoms with Gasteiger partial charge >= 0.3 is 0 Å². The lowest BCUT2D eigenvalue weighted by molar-refractivity contribution is 0.0178. The van der Waals surface area contributed by atoms with E-state index in [0.29, 0.717) is 6.54 Å². The summed E-state index contributed by atoms with van der Waals surface area (Å²) in [6.45, 7) is 3.78. The Morgan fingerprint density at radius 3 is 2.88 bits per heavy atom. The summed E-state index contributed by atoms with van der Waals surface area (Å²) >= 11 is 0. The molecule has 3 N–H and O–H groups in total. The average molecular weight is 223 g/mol. The van der Waals surface area contributed by atoms with Gasteiger partial charge in [0, 0.05) is 37.9 Å². The summed E-state index contributed by atoms with van der Waals surface area (Å²) in [5.41, 5.74) is 6.81. The Balaban J connectivity index is 2.14. The Hall–Kier alpha value is -1.17. The first-order valence-corrected chi connectivity index (χ1v) is 5.48. The summed E-state index contributed by atoms with van der Waals surface area (Å²) in [5.74, 6) is 0.0456. The molecule has 1 aromatic heterocycles. The van der Waals surface area contributed by atoms with E-state index < -0.39 is 0 Å². The Kier molecular flexibility index (Phi) is 3.71. The van der Waals surface area contributed by atoms with Crippen molar-refractivity contribution in [2.24, 2.45) is 5.73 Å². The molecule has 0 amide bonds. The second-order valence-electron chi connectivity index (χ2n) is 3.85. The van der Waals surface area contributed by atoms with E-state index in [-0.39, 0.29) is 11.9 Å². The Morgan fingerprint density at radius 2 is 2.25 bits per heavy atom. The third-order valence-corrected chi connectivity index (χ3v) is 2.86. The summed E-state index contributed by atoms with van der Waals surface area (Å²) in [6.07, 6.45) is 1.60. The van der Waals surface area contributed by atoms with Gasteiger partial charge in [-0.15, -0.1) is 0 Å². The van der Waals surface area contributed by atoms with Crippen LogP contribution in [0.25, 0.3) is 0 Å². The van der Waals surface area contributed by atoms with Gasteiger partial charge in [-0.1, -0.05) is 0 Å². The lowest BCUT2D eigenvalue weighted by atomic mass is 10.1. The van der Waals surface area contributed by atoms with Gasteiger partial charge in [-0.05, 0) is 11.6 Å². The van der Waals surface area contributed by atoms with Crippen LogP contribution in [-0.4, -0.2) is 47.8 Å². The maximum Gasteiger partial charge on any atom is 0.210 e. The van der Waals surface area contributed by atoms with Crippen LogP contribution < -0.4 is 5.73 Å². The van der Waals surface area contributed by atoms with E-state index in [2.05, 4.69) is 9.88 Å². The SMILES string of the molecule is NCC(c1ccnc(O)c1)N1CCOCC1. The first-order valence-electron chi connectivity index (χ1n) is 5.48. The van der Waals surface area contributed by atoms with Crippen molar-refractivity contribution in [3.05, 3.63) is 23.9 Å². The van der Waals surface area contributed by atoms with Crippen molar-refractivity contribution in [2.45, 2.75) is 6.04 Å². The molecule has 1 saturated heterocycles. The molecule has 1 aromatic rings. The number of nitrogens with two attached hydrogens (primary N) is 1. The summed E-state index contributed by atoms with van der Waals surface area (Å²) in [6, 6.07) is 3.71. The number of aromatic hydroxyl groups is 1. The molecule has 0 spiro atoms. The van der Waals surface area contributed by atoms with Crippen molar-refractivity contribution in [1.29, 1.82) is 0 Å². The Labute approximate surface area is 94.8 Å². The molecule has 2 rings (SSSR count). The molecular formula is C11H17N3O2. The van der Waals surface area contributed by atoms with Crippen LogP contribution in [0.3, 0.4) is 0 Å². The maximum atomic E-state index is 9.36. The quantitative estimate of drug-likeness (QED) is 0.761. The summed E-state index contributed by atoms with van der Waals surface area (Å²) in [7, 11) is 0. The van der Waals surface area contributed by atoms with Gasteiger partial charge in [0.05, 0.1) is 13.2 Å². The third-order valence-electron chi connectivity index (χ3n) is 2.86. The number of nitrogens with zero attached hydrogens (tertiary/aromatic N) is 2. The predicted octanol–water partition coefficient (Wildman–Crippen LogP) is 0.119. The number of ether oxygens (including phenoxy) is 1. The van der Waals surface area contributed by atoms with Crippen molar-refractivity contribution < 1.29 is 9.84 Å². The molecular weight excluding hydrogens is 206 g/mol. The van der Waals surface area contributed by atoms with Crippen LogP contribution in [0.1, 0.15) is 11.6 Å². The second-order valence-corrected chi connectivity index (χ2v) is 3.85. The highest BCUT2D eigenvalue weighted by molar-refractivity contribution is 5.23. The molecule has 0 bridgehead atoms. The van der Waals surface area contributed by atoms with E-state index in [4.69, 9.17) is 10.5 Å². The van der Waals surface area contributed by atoms with E-state index in [9.17, 15) is 5.11 Å². The van der Waals surface area contributed by atoms with Crippen molar-refractivity contribution in [1.82, 2.24) is 9.88 Å². The molecule has 1 fully saturated rings. The molecule has 16 heavy (non-hydrogen) atoms. The van der Waals surface area contributed by atoms with Gasteiger partial charge in [-0.3, -0.25) is 4.90 Å². The number of rotatable bonds is 3. The second kappa shape index (κ2) is 5.25. The Bertz CT molecular complexity index is 340. The number of morpholine rings is 1. The number of hydrogen-bond donors (Lipinski definition) is 2. The highest BCUT2D eigenvalue weighted by atomic mass is 16.5. The van der Waals surface area contributed by atoms with Crippen LogP contribution in [0.2, 0.25) is 0 Å². The molecule has 5 heteroatoms. The molecule has 0 radical (unpaired) electrons. The van der Waals surface area contributed by atoms with Gasteiger partial charge in [0.25, 0.3) is 0 Å². The van der Waals surface area contributed by atoms with Crippen LogP contribution in [-0.2, 0) is 4.74 Å². The fraction of sp³-hybridized carbons (Fsp3) is 0.545. The minimum atomic E-state index is 0.0456. The standard InChI is InChI=1S/C11H17N3O2/c12-8-10(14-3-5-16-6-4-14)9-1-2-13-11(15)7-9/h1-2,7,10H,3-6,8,12H2,(H,13,15). The largest absolute Gasteiger partial charge is 0.493 e. The number of aromatic nitrogens is 1. The minimum Gasteiger partial charge on any atom is -0.493 e. The first kappa shape index (κ1) is 11.3. The first-order chi connectivity index (χ1) is 7.81. The molecule has 1 aliphatic heterocycles. The van der Waals surface area contributed by atoms with Crippen LogP contribution in [0.4, 0.5) is 0 Å². The zero-order valence-corrected chi connectivity index (χ0v) is 9.17. The number of pyridine rings is 1. The van der Waals surface area contributed by atoms with E-state index in [1.165, 1.54) is 0 Å². The lowest BCUT2D eigenvalue weighted by Crippen LogP contribution is -2.41. The van der Waals surface area contributed by atoms with Gasteiger partial charge < -0.3 is 15.6 Å². The third kappa shape index (κ3) is 2.49. The van der Waals surface area contributed by atoms with E-state index in [1.54, 1.807) is 12.3 Å². The van der Waals surface area contributed by atoms with Crippen LogP contribution >= 0.6 is 0 Å². The normalized spacial score (nSPS) is 19.6. The van der Waals surface area contributed by atoms with Crippen molar-refractivity contribution in [3.63, 3.8) is 0 Å². The van der Waals surface area contributed by atoms with Gasteiger partial charge in [0.2, 0.25) is 5.88 Å². The van der Waals surface area contributed by atoms with Crippen LogP contribution in [0.5, 0.6) is 5.88 Å². The van der Waals surface area contributed by atoms with E-state index in [0.717, 1.165) is 31.9 Å². The minimum absolute atomic E-state index is 0.0456. The van der Waals surface area contributed by atoms with Crippen LogP contribution in [0, 0.1) is 0 Å². The molecule has 5 nitrogen and oxygen atoms in total. The van der Waals surface area contributed by atoms with Crippen molar-refractivity contribution >= 4 is 0 Å². The summed E-state index contributed by atoms with van der Waals surface area (Å²) in [4.78, 5) is 6.05. The molecule has 1 unspecified atom stereocenters. The zero-order chi connectivity index (χ0) is 11.4. The smallest absolute Gasteiger partial charge is 0.210 e.